The van der Waals surface area contributed by atoms with Crippen molar-refractivity contribution in [2.75, 3.05) is 39.9 Å². The van der Waals surface area contributed by atoms with Crippen molar-refractivity contribution >= 4 is 35.8 Å². The fourth-order valence-corrected chi connectivity index (χ4v) is 3.59. The monoisotopic (exact) mass is 472 g/mol. The molecule has 26 heavy (non-hydrogen) atoms. The molecule has 1 unspecified atom stereocenters. The molecule has 0 saturated carbocycles. The Morgan fingerprint density at radius 3 is 2.77 bits per heavy atom. The summed E-state index contributed by atoms with van der Waals surface area (Å²) in [7, 11) is 1.80. The molecule has 2 N–H and O–H groups in total. The Hall–Kier alpha value is -1.35. The van der Waals surface area contributed by atoms with Crippen LogP contribution in [0.2, 0.25) is 0 Å². The quantitative estimate of drug-likeness (QED) is 0.391. The SMILES string of the molecule is CN=C(NCCC(=O)NCc1ccccc1)N1CCC2(CCOC2)C1.I. The van der Waals surface area contributed by atoms with Crippen LogP contribution < -0.4 is 10.6 Å². The summed E-state index contributed by atoms with van der Waals surface area (Å²) >= 11 is 0. The van der Waals surface area contributed by atoms with Crippen molar-refractivity contribution < 1.29 is 9.53 Å². The van der Waals surface area contributed by atoms with Gasteiger partial charge in [-0.3, -0.25) is 9.79 Å². The number of likely N-dealkylation sites (tertiary alicyclic amines) is 1. The van der Waals surface area contributed by atoms with E-state index < -0.39 is 0 Å². The van der Waals surface area contributed by atoms with Crippen molar-refractivity contribution in [1.82, 2.24) is 15.5 Å². The van der Waals surface area contributed by atoms with Crippen molar-refractivity contribution in [3.63, 3.8) is 0 Å². The molecule has 1 amide bonds. The summed E-state index contributed by atoms with van der Waals surface area (Å²) in [6.45, 7) is 4.90. The molecule has 144 valence electrons. The van der Waals surface area contributed by atoms with Gasteiger partial charge in [-0.1, -0.05) is 30.3 Å². The normalized spacial score (nSPS) is 22.3. The van der Waals surface area contributed by atoms with Crippen LogP contribution in [-0.4, -0.2) is 56.7 Å². The Kier molecular flexibility index (Phi) is 8.15. The van der Waals surface area contributed by atoms with E-state index in [4.69, 9.17) is 4.74 Å². The molecule has 0 aromatic heterocycles. The molecule has 0 aliphatic carbocycles. The van der Waals surface area contributed by atoms with E-state index in [9.17, 15) is 4.79 Å². The molecule has 2 aliphatic rings. The Labute approximate surface area is 172 Å². The first-order chi connectivity index (χ1) is 12.2. The minimum atomic E-state index is 0. The lowest BCUT2D eigenvalue weighted by Crippen LogP contribution is -2.42. The average molecular weight is 472 g/mol. The minimum Gasteiger partial charge on any atom is -0.381 e. The largest absolute Gasteiger partial charge is 0.381 e. The maximum atomic E-state index is 12.0. The molecule has 7 heteroatoms. The van der Waals surface area contributed by atoms with Crippen LogP contribution >= 0.6 is 24.0 Å². The molecule has 0 radical (unpaired) electrons. The van der Waals surface area contributed by atoms with Crippen molar-refractivity contribution in [2.24, 2.45) is 10.4 Å². The molecule has 2 heterocycles. The molecule has 0 bridgehead atoms. The van der Waals surface area contributed by atoms with Crippen LogP contribution in [0, 0.1) is 5.41 Å². The van der Waals surface area contributed by atoms with Gasteiger partial charge in [0, 0.05) is 51.7 Å². The van der Waals surface area contributed by atoms with Crippen LogP contribution in [0.4, 0.5) is 0 Å². The highest BCUT2D eigenvalue weighted by Crippen LogP contribution is 2.38. The highest BCUT2D eigenvalue weighted by molar-refractivity contribution is 14.0. The van der Waals surface area contributed by atoms with Crippen LogP contribution in [0.25, 0.3) is 0 Å². The molecule has 1 aromatic carbocycles. The maximum absolute atomic E-state index is 12.0. The number of carbonyl (C=O) groups excluding carboxylic acids is 1. The standard InChI is InChI=1S/C19H28N4O2.HI/c1-20-18(23-11-8-19(14-23)9-12-25-15-19)21-10-7-17(24)22-13-16-5-3-2-4-6-16;/h2-6H,7-15H2,1H3,(H,20,21)(H,22,24);1H. The summed E-state index contributed by atoms with van der Waals surface area (Å²) in [5, 5.41) is 6.27. The van der Waals surface area contributed by atoms with Gasteiger partial charge in [-0.05, 0) is 18.4 Å². The maximum Gasteiger partial charge on any atom is 0.222 e. The fraction of sp³-hybridized carbons (Fsp3) is 0.579. The first-order valence-electron chi connectivity index (χ1n) is 9.05. The Balaban J connectivity index is 0.00000243. The predicted octanol–water partition coefficient (Wildman–Crippen LogP) is 2.00. The summed E-state index contributed by atoms with van der Waals surface area (Å²) in [6, 6.07) is 9.95. The summed E-state index contributed by atoms with van der Waals surface area (Å²) in [6.07, 6.45) is 2.74. The van der Waals surface area contributed by atoms with Gasteiger partial charge in [0.15, 0.2) is 5.96 Å². The van der Waals surface area contributed by atoms with Crippen LogP contribution in [0.1, 0.15) is 24.8 Å². The van der Waals surface area contributed by atoms with E-state index in [1.165, 1.54) is 0 Å². The van der Waals surface area contributed by atoms with Crippen LogP contribution in [0.15, 0.2) is 35.3 Å². The van der Waals surface area contributed by atoms with E-state index >= 15 is 0 Å². The third-order valence-electron chi connectivity index (χ3n) is 5.10. The number of nitrogens with zero attached hydrogens (tertiary/aromatic N) is 2. The van der Waals surface area contributed by atoms with Crippen LogP contribution in [0.5, 0.6) is 0 Å². The number of benzene rings is 1. The van der Waals surface area contributed by atoms with Crippen LogP contribution in [-0.2, 0) is 16.1 Å². The topological polar surface area (TPSA) is 66.0 Å². The molecule has 3 rings (SSSR count). The molecule has 1 atom stereocenters. The van der Waals surface area contributed by atoms with Gasteiger partial charge in [-0.2, -0.15) is 0 Å². The second kappa shape index (κ2) is 10.1. The lowest BCUT2D eigenvalue weighted by atomic mass is 9.87. The molecular weight excluding hydrogens is 443 g/mol. The number of amides is 1. The Morgan fingerprint density at radius 2 is 2.08 bits per heavy atom. The number of rotatable bonds is 5. The number of halogens is 1. The zero-order valence-corrected chi connectivity index (χ0v) is 17.7. The van der Waals surface area contributed by atoms with E-state index in [1.54, 1.807) is 7.05 Å². The molecule has 2 aliphatic heterocycles. The van der Waals surface area contributed by atoms with Gasteiger partial charge < -0.3 is 20.3 Å². The fourth-order valence-electron chi connectivity index (χ4n) is 3.59. The summed E-state index contributed by atoms with van der Waals surface area (Å²) in [4.78, 5) is 18.7. The second-order valence-electron chi connectivity index (χ2n) is 6.96. The van der Waals surface area contributed by atoms with Crippen molar-refractivity contribution in [3.05, 3.63) is 35.9 Å². The zero-order valence-electron chi connectivity index (χ0n) is 15.4. The van der Waals surface area contributed by atoms with Gasteiger partial charge in [0.2, 0.25) is 5.91 Å². The summed E-state index contributed by atoms with van der Waals surface area (Å²) < 4.78 is 5.58. The molecular formula is C19H29IN4O2. The third-order valence-corrected chi connectivity index (χ3v) is 5.10. The molecule has 2 saturated heterocycles. The predicted molar refractivity (Wildman–Crippen MR) is 114 cm³/mol. The van der Waals surface area contributed by atoms with Crippen molar-refractivity contribution in [2.45, 2.75) is 25.8 Å². The molecule has 6 nitrogen and oxygen atoms in total. The van der Waals surface area contributed by atoms with E-state index in [0.717, 1.165) is 50.7 Å². The Bertz CT molecular complexity index is 603. The number of hydrogen-bond acceptors (Lipinski definition) is 3. The molecule has 1 aromatic rings. The highest BCUT2D eigenvalue weighted by Gasteiger charge is 2.42. The Morgan fingerprint density at radius 1 is 1.27 bits per heavy atom. The highest BCUT2D eigenvalue weighted by atomic mass is 127. The van der Waals surface area contributed by atoms with Gasteiger partial charge in [-0.25, -0.2) is 0 Å². The number of aliphatic imine (C=N–C) groups is 1. The third kappa shape index (κ3) is 5.57. The summed E-state index contributed by atoms with van der Waals surface area (Å²) in [5.41, 5.74) is 1.42. The molecule has 2 fully saturated rings. The smallest absolute Gasteiger partial charge is 0.222 e. The van der Waals surface area contributed by atoms with Gasteiger partial charge in [0.05, 0.1) is 6.61 Å². The first kappa shape index (κ1) is 21.0. The van der Waals surface area contributed by atoms with Crippen molar-refractivity contribution in [3.8, 4) is 0 Å². The number of hydrogen-bond donors (Lipinski definition) is 2. The first-order valence-corrected chi connectivity index (χ1v) is 9.05. The number of carbonyl (C=O) groups is 1. The van der Waals surface area contributed by atoms with E-state index in [2.05, 4.69) is 20.5 Å². The second-order valence-corrected chi connectivity index (χ2v) is 6.96. The minimum absolute atomic E-state index is 0. The van der Waals surface area contributed by atoms with Crippen molar-refractivity contribution in [1.29, 1.82) is 0 Å². The average Bonchev–Trinajstić information content (AvgIpc) is 3.28. The van der Waals surface area contributed by atoms with Gasteiger partial charge in [0.25, 0.3) is 0 Å². The number of ether oxygens (including phenoxy) is 1. The van der Waals surface area contributed by atoms with E-state index in [1.807, 2.05) is 30.3 Å². The van der Waals surface area contributed by atoms with Gasteiger partial charge >= 0.3 is 0 Å². The van der Waals surface area contributed by atoms with E-state index in [0.29, 0.717) is 24.9 Å². The van der Waals surface area contributed by atoms with Crippen LogP contribution in [0.3, 0.4) is 0 Å². The lowest BCUT2D eigenvalue weighted by molar-refractivity contribution is -0.121. The van der Waals surface area contributed by atoms with E-state index in [-0.39, 0.29) is 29.9 Å². The van der Waals surface area contributed by atoms with Gasteiger partial charge in [0.1, 0.15) is 0 Å². The van der Waals surface area contributed by atoms with Gasteiger partial charge in [-0.15, -0.1) is 24.0 Å². The number of nitrogens with one attached hydrogen (secondary N) is 2. The summed E-state index contributed by atoms with van der Waals surface area (Å²) in [5.74, 6) is 0.938. The lowest BCUT2D eigenvalue weighted by Gasteiger charge is -2.24. The number of guanidine groups is 1. The molecule has 1 spiro atoms. The zero-order chi connectivity index (χ0) is 17.5.